The molecule has 0 N–H and O–H groups in total. The van der Waals surface area contributed by atoms with Gasteiger partial charge in [0, 0.05) is 24.2 Å². The second kappa shape index (κ2) is 7.75. The summed E-state index contributed by atoms with van der Waals surface area (Å²) in [6, 6.07) is 17.5. The number of pyridine rings is 1. The molecule has 0 saturated carbocycles. The van der Waals surface area contributed by atoms with E-state index in [1.165, 1.54) is 11.0 Å². The Morgan fingerprint density at radius 1 is 1.13 bits per heavy atom. The van der Waals surface area contributed by atoms with Crippen molar-refractivity contribution in [2.45, 2.75) is 13.5 Å². The van der Waals surface area contributed by atoms with Crippen LogP contribution in [-0.2, 0) is 6.54 Å². The normalized spacial score (nSPS) is 10.9. The van der Waals surface area contributed by atoms with Gasteiger partial charge in [0.1, 0.15) is 0 Å². The molecule has 0 bridgehead atoms. The maximum Gasteiger partial charge on any atom is 0.274 e. The summed E-state index contributed by atoms with van der Waals surface area (Å²) in [5.41, 5.74) is 3.07. The van der Waals surface area contributed by atoms with Gasteiger partial charge in [-0.05, 0) is 13.0 Å². The maximum absolute atomic E-state index is 13.3. The summed E-state index contributed by atoms with van der Waals surface area (Å²) in [6.45, 7) is 1.83. The highest BCUT2D eigenvalue weighted by Gasteiger charge is 2.23. The van der Waals surface area contributed by atoms with Crippen molar-refractivity contribution in [2.75, 3.05) is 7.05 Å². The summed E-state index contributed by atoms with van der Waals surface area (Å²) in [7, 11) is 1.61. The van der Waals surface area contributed by atoms with Crippen molar-refractivity contribution < 1.29 is 14.2 Å². The third kappa shape index (κ3) is 3.50. The quantitative estimate of drug-likeness (QED) is 0.363. The van der Waals surface area contributed by atoms with Crippen molar-refractivity contribution in [3.8, 4) is 11.3 Å². The lowest BCUT2D eigenvalue weighted by Crippen LogP contribution is -2.27. The molecule has 0 aliphatic heterocycles. The molecule has 2 heterocycles. The largest absolute Gasteiger partial charge is 0.337 e. The van der Waals surface area contributed by atoms with Crippen LogP contribution in [0.1, 0.15) is 21.6 Å². The fraction of sp³-hybridized carbons (Fsp3) is 0.136. The highest BCUT2D eigenvalue weighted by atomic mass is 16.6. The Balaban J connectivity index is 1.76. The van der Waals surface area contributed by atoms with Crippen molar-refractivity contribution in [1.82, 2.24) is 15.0 Å². The van der Waals surface area contributed by atoms with Gasteiger partial charge in [0.05, 0.1) is 33.8 Å². The van der Waals surface area contributed by atoms with Crippen molar-refractivity contribution >= 4 is 22.7 Å². The van der Waals surface area contributed by atoms with E-state index in [-0.39, 0.29) is 23.9 Å². The zero-order valence-corrected chi connectivity index (χ0v) is 16.4. The van der Waals surface area contributed by atoms with Gasteiger partial charge in [-0.3, -0.25) is 14.9 Å². The molecule has 0 atom stereocenters. The monoisotopic (exact) mass is 402 g/mol. The van der Waals surface area contributed by atoms with Gasteiger partial charge in [-0.15, -0.1) is 0 Å². The number of carbonyl (C=O) groups is 1. The Hall–Kier alpha value is -4.07. The van der Waals surface area contributed by atoms with Crippen molar-refractivity contribution in [3.63, 3.8) is 0 Å². The number of carbonyl (C=O) groups excluding carboxylic acids is 1. The van der Waals surface area contributed by atoms with E-state index in [2.05, 4.69) is 10.1 Å². The number of hydrogen-bond acceptors (Lipinski definition) is 6. The minimum Gasteiger partial charge on any atom is -0.337 e. The highest BCUT2D eigenvalue weighted by Crippen LogP contribution is 2.28. The Morgan fingerprint density at radius 3 is 2.57 bits per heavy atom. The number of rotatable bonds is 5. The molecule has 8 nitrogen and oxygen atoms in total. The summed E-state index contributed by atoms with van der Waals surface area (Å²) in [5.74, 6) is -0.302. The van der Waals surface area contributed by atoms with E-state index in [9.17, 15) is 14.9 Å². The number of aryl methyl sites for hydroxylation is 1. The fourth-order valence-electron chi connectivity index (χ4n) is 3.38. The molecule has 2 aromatic heterocycles. The summed E-state index contributed by atoms with van der Waals surface area (Å²) >= 11 is 0. The minimum absolute atomic E-state index is 0.0249. The van der Waals surface area contributed by atoms with Gasteiger partial charge in [-0.1, -0.05) is 53.7 Å². The van der Waals surface area contributed by atoms with Gasteiger partial charge in [0.25, 0.3) is 17.3 Å². The van der Waals surface area contributed by atoms with Crippen LogP contribution in [0.3, 0.4) is 0 Å². The first-order valence-electron chi connectivity index (χ1n) is 9.26. The lowest BCUT2D eigenvalue weighted by atomic mass is 10.0. The number of aromatic nitrogens is 2. The fourth-order valence-corrected chi connectivity index (χ4v) is 3.38. The Kier molecular flexibility index (Phi) is 4.97. The number of nitro groups is 1. The van der Waals surface area contributed by atoms with Gasteiger partial charge in [-0.2, -0.15) is 0 Å². The Bertz CT molecular complexity index is 1250. The number of fused-ring (bicyclic) bond motifs is 1. The topological polar surface area (TPSA) is 102 Å². The smallest absolute Gasteiger partial charge is 0.274 e. The van der Waals surface area contributed by atoms with Crippen LogP contribution in [-0.4, -0.2) is 32.9 Å². The second-order valence-corrected chi connectivity index (χ2v) is 6.92. The second-order valence-electron chi connectivity index (χ2n) is 6.92. The average molecular weight is 402 g/mol. The molecule has 4 rings (SSSR count). The van der Waals surface area contributed by atoms with E-state index in [1.807, 2.05) is 30.3 Å². The first-order chi connectivity index (χ1) is 14.5. The number of amides is 1. The number of benzene rings is 2. The van der Waals surface area contributed by atoms with Crippen LogP contribution < -0.4 is 0 Å². The molecule has 8 heteroatoms. The molecule has 0 radical (unpaired) electrons. The van der Waals surface area contributed by atoms with Gasteiger partial charge < -0.3 is 9.42 Å². The van der Waals surface area contributed by atoms with E-state index in [0.29, 0.717) is 27.9 Å². The molecular weight excluding hydrogens is 384 g/mol. The SMILES string of the molecule is Cc1noc2nc(-c3ccccc3)cc(C(=O)N(C)Cc3ccccc3[N+](=O)[O-])c12. The van der Waals surface area contributed by atoms with E-state index >= 15 is 0 Å². The predicted molar refractivity (Wildman–Crippen MR) is 111 cm³/mol. The molecule has 30 heavy (non-hydrogen) atoms. The van der Waals surface area contributed by atoms with E-state index < -0.39 is 4.92 Å². The van der Waals surface area contributed by atoms with Crippen LogP contribution in [0.5, 0.6) is 0 Å². The molecule has 1 amide bonds. The summed E-state index contributed by atoms with van der Waals surface area (Å²) in [4.78, 5) is 30.1. The Morgan fingerprint density at radius 2 is 1.83 bits per heavy atom. The number of para-hydroxylation sites is 1. The first-order valence-corrected chi connectivity index (χ1v) is 9.26. The van der Waals surface area contributed by atoms with Crippen molar-refractivity contribution in [1.29, 1.82) is 0 Å². The minimum atomic E-state index is -0.448. The average Bonchev–Trinajstić information content (AvgIpc) is 3.14. The van der Waals surface area contributed by atoms with Gasteiger partial charge in [0.2, 0.25) is 0 Å². The van der Waals surface area contributed by atoms with E-state index in [1.54, 1.807) is 38.2 Å². The molecule has 2 aromatic carbocycles. The molecular formula is C22H18N4O4. The molecule has 0 unspecified atom stereocenters. The first kappa shape index (κ1) is 19.3. The lowest BCUT2D eigenvalue weighted by molar-refractivity contribution is -0.385. The van der Waals surface area contributed by atoms with Gasteiger partial charge in [-0.25, -0.2) is 4.98 Å². The van der Waals surface area contributed by atoms with Crippen LogP contribution in [0.15, 0.2) is 65.2 Å². The zero-order chi connectivity index (χ0) is 21.3. The molecule has 0 saturated heterocycles. The van der Waals surface area contributed by atoms with Crippen LogP contribution in [0.4, 0.5) is 5.69 Å². The van der Waals surface area contributed by atoms with Gasteiger partial charge in [0.15, 0.2) is 0 Å². The molecule has 0 fully saturated rings. The Labute approximate surface area is 171 Å². The standard InChI is InChI=1S/C22H18N4O4/c1-14-20-17(12-18(23-21(20)30-24-14)15-8-4-3-5-9-15)22(27)25(2)13-16-10-6-7-11-19(16)26(28)29/h3-12H,13H2,1-2H3. The van der Waals surface area contributed by atoms with Crippen molar-refractivity contribution in [2.24, 2.45) is 0 Å². The number of hydrogen-bond donors (Lipinski definition) is 0. The maximum atomic E-state index is 13.3. The molecule has 4 aromatic rings. The molecule has 0 spiro atoms. The van der Waals surface area contributed by atoms with Crippen LogP contribution in [0, 0.1) is 17.0 Å². The summed E-state index contributed by atoms with van der Waals surface area (Å²) in [5, 5.41) is 15.8. The summed E-state index contributed by atoms with van der Waals surface area (Å²) < 4.78 is 5.33. The predicted octanol–water partition coefficient (Wildman–Crippen LogP) is 4.38. The van der Waals surface area contributed by atoms with Crippen LogP contribution in [0.2, 0.25) is 0 Å². The zero-order valence-electron chi connectivity index (χ0n) is 16.4. The highest BCUT2D eigenvalue weighted by molar-refractivity contribution is 6.06. The number of nitrogens with zero attached hydrogens (tertiary/aromatic N) is 4. The lowest BCUT2D eigenvalue weighted by Gasteiger charge is -2.18. The third-order valence-electron chi connectivity index (χ3n) is 4.86. The van der Waals surface area contributed by atoms with Crippen LogP contribution in [0.25, 0.3) is 22.4 Å². The van der Waals surface area contributed by atoms with Crippen molar-refractivity contribution in [3.05, 3.63) is 87.6 Å². The van der Waals surface area contributed by atoms with E-state index in [0.717, 1.165) is 5.56 Å². The number of nitro benzene ring substituents is 1. The van der Waals surface area contributed by atoms with E-state index in [4.69, 9.17) is 4.52 Å². The molecule has 150 valence electrons. The molecule has 0 aliphatic carbocycles. The van der Waals surface area contributed by atoms with Crippen LogP contribution >= 0.6 is 0 Å². The molecule has 0 aliphatic rings. The summed E-state index contributed by atoms with van der Waals surface area (Å²) in [6.07, 6.45) is 0. The third-order valence-corrected chi connectivity index (χ3v) is 4.86. The van der Waals surface area contributed by atoms with Gasteiger partial charge >= 0.3 is 0 Å².